The van der Waals surface area contributed by atoms with Crippen molar-refractivity contribution in [2.45, 2.75) is 26.2 Å². The molecular formula is C25H22ClN7O2. The summed E-state index contributed by atoms with van der Waals surface area (Å²) in [6.45, 7) is 1.80. The number of aromatic nitrogens is 6. The van der Waals surface area contributed by atoms with Crippen molar-refractivity contribution in [3.05, 3.63) is 93.5 Å². The maximum Gasteiger partial charge on any atom is 0.263 e. The number of aryl methyl sites for hydroxylation is 2. The van der Waals surface area contributed by atoms with Gasteiger partial charge in [-0.3, -0.25) is 14.6 Å². The second kappa shape index (κ2) is 9.55. The zero-order valence-corrected chi connectivity index (χ0v) is 19.7. The Morgan fingerprint density at radius 2 is 1.86 bits per heavy atom. The molecule has 5 rings (SSSR count). The van der Waals surface area contributed by atoms with Gasteiger partial charge in [0.05, 0.1) is 17.6 Å². The van der Waals surface area contributed by atoms with E-state index in [1.54, 1.807) is 41.9 Å². The van der Waals surface area contributed by atoms with Crippen LogP contribution in [0.1, 0.15) is 24.1 Å². The van der Waals surface area contributed by atoms with Crippen LogP contribution in [-0.4, -0.2) is 35.4 Å². The minimum Gasteiger partial charge on any atom is -0.310 e. The number of aromatic amines is 1. The molecule has 5 aromatic rings. The van der Waals surface area contributed by atoms with Gasteiger partial charge >= 0.3 is 0 Å². The molecule has 3 aromatic heterocycles. The number of benzene rings is 2. The molecule has 0 fully saturated rings. The van der Waals surface area contributed by atoms with E-state index in [1.807, 2.05) is 30.3 Å². The second-order valence-corrected chi connectivity index (χ2v) is 8.57. The van der Waals surface area contributed by atoms with Crippen molar-refractivity contribution in [3.8, 4) is 11.6 Å². The zero-order chi connectivity index (χ0) is 24.4. The third-order valence-corrected chi connectivity index (χ3v) is 5.76. The molecule has 0 bridgehead atoms. The highest BCUT2D eigenvalue weighted by Gasteiger charge is 2.17. The van der Waals surface area contributed by atoms with Gasteiger partial charge in [0.15, 0.2) is 5.65 Å². The van der Waals surface area contributed by atoms with E-state index in [0.29, 0.717) is 46.1 Å². The Balaban J connectivity index is 1.41. The topological polar surface area (TPSA) is 110 Å². The summed E-state index contributed by atoms with van der Waals surface area (Å²) in [6, 6.07) is 18.8. The fraction of sp³-hybridized carbons (Fsp3) is 0.160. The molecule has 35 heavy (non-hydrogen) atoms. The van der Waals surface area contributed by atoms with E-state index in [0.717, 1.165) is 6.42 Å². The van der Waals surface area contributed by atoms with E-state index >= 15 is 0 Å². The first kappa shape index (κ1) is 22.5. The number of hydrogen-bond donors (Lipinski definition) is 2. The Labute approximate surface area is 205 Å². The number of fused-ring (bicyclic) bond motifs is 1. The molecule has 176 valence electrons. The molecule has 10 heteroatoms. The van der Waals surface area contributed by atoms with Crippen LogP contribution < -0.4 is 10.9 Å². The first-order chi connectivity index (χ1) is 17.0. The van der Waals surface area contributed by atoms with Gasteiger partial charge in [-0.2, -0.15) is 19.9 Å². The monoisotopic (exact) mass is 487 g/mol. The summed E-state index contributed by atoms with van der Waals surface area (Å²) in [5.74, 6) is 0.454. The number of carbonyl (C=O) groups is 1. The van der Waals surface area contributed by atoms with Crippen LogP contribution in [0.25, 0.3) is 22.7 Å². The van der Waals surface area contributed by atoms with Crippen molar-refractivity contribution in [2.75, 3.05) is 5.32 Å². The molecule has 0 aliphatic rings. The van der Waals surface area contributed by atoms with Gasteiger partial charge in [0, 0.05) is 17.5 Å². The summed E-state index contributed by atoms with van der Waals surface area (Å²) >= 11 is 6.00. The van der Waals surface area contributed by atoms with Gasteiger partial charge in [-0.15, -0.1) is 0 Å². The molecular weight excluding hydrogens is 466 g/mol. The average molecular weight is 488 g/mol. The predicted molar refractivity (Wildman–Crippen MR) is 134 cm³/mol. The fourth-order valence-electron chi connectivity index (χ4n) is 3.83. The van der Waals surface area contributed by atoms with E-state index < -0.39 is 0 Å². The Hall–Kier alpha value is -4.24. The molecule has 2 aromatic carbocycles. The number of hydrogen-bond acceptors (Lipinski definition) is 5. The second-order valence-electron chi connectivity index (χ2n) is 8.13. The number of rotatable bonds is 7. The lowest BCUT2D eigenvalue weighted by Gasteiger charge is -2.09. The van der Waals surface area contributed by atoms with Gasteiger partial charge in [-0.25, -0.2) is 4.68 Å². The van der Waals surface area contributed by atoms with Crippen LogP contribution in [-0.2, 0) is 11.2 Å². The number of nitrogens with zero attached hydrogens (tertiary/aromatic N) is 5. The molecule has 0 radical (unpaired) electrons. The molecule has 9 nitrogen and oxygen atoms in total. The van der Waals surface area contributed by atoms with Crippen molar-refractivity contribution in [3.63, 3.8) is 0 Å². The van der Waals surface area contributed by atoms with Crippen molar-refractivity contribution in [1.29, 1.82) is 0 Å². The van der Waals surface area contributed by atoms with Crippen LogP contribution in [0, 0.1) is 6.92 Å². The first-order valence-corrected chi connectivity index (χ1v) is 11.5. The van der Waals surface area contributed by atoms with Crippen LogP contribution in [0.2, 0.25) is 5.02 Å². The lowest BCUT2D eigenvalue weighted by atomic mass is 10.1. The molecule has 0 aliphatic carbocycles. The molecule has 1 amide bonds. The van der Waals surface area contributed by atoms with Gasteiger partial charge in [-0.05, 0) is 49.6 Å². The molecule has 0 spiro atoms. The van der Waals surface area contributed by atoms with Gasteiger partial charge in [0.2, 0.25) is 11.9 Å². The Bertz CT molecular complexity index is 1550. The molecule has 0 aliphatic heterocycles. The summed E-state index contributed by atoms with van der Waals surface area (Å²) in [5, 5.41) is 12.6. The smallest absolute Gasteiger partial charge is 0.263 e. The van der Waals surface area contributed by atoms with E-state index in [1.165, 1.54) is 16.4 Å². The normalized spacial score (nSPS) is 11.1. The summed E-state index contributed by atoms with van der Waals surface area (Å²) in [5.41, 5.74) is 2.56. The number of carbonyl (C=O) groups excluding carboxylic acids is 1. The van der Waals surface area contributed by atoms with Crippen LogP contribution in [0.5, 0.6) is 0 Å². The van der Waals surface area contributed by atoms with E-state index in [-0.39, 0.29) is 17.4 Å². The van der Waals surface area contributed by atoms with Crippen LogP contribution in [0.15, 0.2) is 71.7 Å². The Kier molecular flexibility index (Phi) is 6.15. The predicted octanol–water partition coefficient (Wildman–Crippen LogP) is 4.22. The number of halogens is 1. The van der Waals surface area contributed by atoms with Crippen molar-refractivity contribution in [1.82, 2.24) is 29.5 Å². The van der Waals surface area contributed by atoms with Gasteiger partial charge in [0.25, 0.3) is 5.56 Å². The highest BCUT2D eigenvalue weighted by Crippen LogP contribution is 2.19. The minimum atomic E-state index is -0.362. The lowest BCUT2D eigenvalue weighted by Crippen LogP contribution is -2.19. The number of amides is 1. The maximum atomic E-state index is 12.8. The van der Waals surface area contributed by atoms with E-state index in [9.17, 15) is 9.59 Å². The van der Waals surface area contributed by atoms with Crippen LogP contribution in [0.4, 0.5) is 5.82 Å². The highest BCUT2D eigenvalue weighted by molar-refractivity contribution is 6.30. The quantitative estimate of drug-likeness (QED) is 0.357. The summed E-state index contributed by atoms with van der Waals surface area (Å²) in [4.78, 5) is 32.8. The summed E-state index contributed by atoms with van der Waals surface area (Å²) in [6.07, 6.45) is 3.34. The molecule has 0 saturated carbocycles. The van der Waals surface area contributed by atoms with Crippen molar-refractivity contribution in [2.24, 2.45) is 0 Å². The Morgan fingerprint density at radius 1 is 1.09 bits per heavy atom. The van der Waals surface area contributed by atoms with Crippen LogP contribution >= 0.6 is 11.6 Å². The first-order valence-electron chi connectivity index (χ1n) is 11.1. The molecule has 3 heterocycles. The lowest BCUT2D eigenvalue weighted by molar-refractivity contribution is -0.116. The largest absolute Gasteiger partial charge is 0.310 e. The molecule has 0 unspecified atom stereocenters. The summed E-state index contributed by atoms with van der Waals surface area (Å²) < 4.78 is 2.98. The van der Waals surface area contributed by atoms with Gasteiger partial charge < -0.3 is 5.32 Å². The standard InChI is InChI=1S/C25H22ClN7O2/c1-16-14-21(28-22(34)9-5-8-17-6-3-2-4-7-17)33(31-16)25-29-23-20(24(35)30-25)15-27-32(23)19-12-10-18(26)11-13-19/h2-4,6-7,10-15H,5,8-9H2,1H3,(H,28,34)(H,29,30,35). The SMILES string of the molecule is Cc1cc(NC(=O)CCCc2ccccc2)n(-c2nc3c(cnn3-c3ccc(Cl)cc3)c(=O)[nH]2)n1. The van der Waals surface area contributed by atoms with Crippen molar-refractivity contribution >= 4 is 34.4 Å². The van der Waals surface area contributed by atoms with Crippen LogP contribution in [0.3, 0.4) is 0 Å². The molecule has 0 saturated heterocycles. The maximum absolute atomic E-state index is 12.8. The van der Waals surface area contributed by atoms with E-state index in [4.69, 9.17) is 11.6 Å². The number of anilines is 1. The Morgan fingerprint density at radius 3 is 2.63 bits per heavy atom. The molecule has 0 atom stereocenters. The third-order valence-electron chi connectivity index (χ3n) is 5.51. The van der Waals surface area contributed by atoms with Crippen molar-refractivity contribution < 1.29 is 4.79 Å². The minimum absolute atomic E-state index is 0.142. The average Bonchev–Trinajstić information content (AvgIpc) is 3.44. The molecule has 2 N–H and O–H groups in total. The van der Waals surface area contributed by atoms with E-state index in [2.05, 4.69) is 25.5 Å². The number of nitrogens with one attached hydrogen (secondary N) is 2. The fourth-order valence-corrected chi connectivity index (χ4v) is 3.96. The third kappa shape index (κ3) is 4.85. The zero-order valence-electron chi connectivity index (χ0n) is 18.9. The van der Waals surface area contributed by atoms with Gasteiger partial charge in [0.1, 0.15) is 11.2 Å². The number of H-pyrrole nitrogens is 1. The van der Waals surface area contributed by atoms with Gasteiger partial charge in [-0.1, -0.05) is 41.9 Å². The summed E-state index contributed by atoms with van der Waals surface area (Å²) in [7, 11) is 0. The highest BCUT2D eigenvalue weighted by atomic mass is 35.5.